The van der Waals surface area contributed by atoms with Crippen molar-refractivity contribution in [3.63, 3.8) is 0 Å². The molecule has 1 aromatic heterocycles. The first-order valence-corrected chi connectivity index (χ1v) is 4.93. The van der Waals surface area contributed by atoms with Crippen molar-refractivity contribution >= 4 is 11.6 Å². The van der Waals surface area contributed by atoms with Crippen LogP contribution < -0.4 is 4.74 Å². The van der Waals surface area contributed by atoms with Crippen LogP contribution in [0.25, 0.3) is 0 Å². The number of nitriles is 1. The molecule has 1 heterocycles. The van der Waals surface area contributed by atoms with Crippen molar-refractivity contribution in [2.75, 3.05) is 0 Å². The molecule has 0 radical (unpaired) electrons. The van der Waals surface area contributed by atoms with Crippen LogP contribution in [0.4, 0.5) is 0 Å². The maximum atomic E-state index is 8.71. The summed E-state index contributed by atoms with van der Waals surface area (Å²) in [6.07, 6.45) is 3.35. The van der Waals surface area contributed by atoms with E-state index in [0.29, 0.717) is 22.1 Å². The number of hydrogen-bond donors (Lipinski definition) is 0. The summed E-state index contributed by atoms with van der Waals surface area (Å²) in [6, 6.07) is 6.90. The summed E-state index contributed by atoms with van der Waals surface area (Å²) in [5.74, 6) is 1.21. The van der Waals surface area contributed by atoms with Gasteiger partial charge in [0.15, 0.2) is 5.75 Å². The van der Waals surface area contributed by atoms with Gasteiger partial charge in [-0.2, -0.15) is 10.4 Å². The van der Waals surface area contributed by atoms with E-state index in [4.69, 9.17) is 21.6 Å². The molecular weight excluding hydrogens is 226 g/mol. The largest absolute Gasteiger partial charge is 0.454 e. The third kappa shape index (κ3) is 2.15. The molecule has 5 heteroatoms. The molecule has 0 saturated carbocycles. The Bertz CT molecular complexity index is 557. The Labute approximate surface area is 97.6 Å². The molecule has 80 valence electrons. The first kappa shape index (κ1) is 10.5. The van der Waals surface area contributed by atoms with Crippen molar-refractivity contribution in [3.05, 3.63) is 41.2 Å². The SMILES string of the molecule is Cn1cc(Oc2ccc(C#N)c(Cl)c2)cn1. The highest BCUT2D eigenvalue weighted by molar-refractivity contribution is 6.31. The molecule has 0 amide bonds. The van der Waals surface area contributed by atoms with Gasteiger partial charge in [0.1, 0.15) is 11.8 Å². The summed E-state index contributed by atoms with van der Waals surface area (Å²) >= 11 is 5.88. The fourth-order valence-electron chi connectivity index (χ4n) is 1.24. The summed E-state index contributed by atoms with van der Waals surface area (Å²) < 4.78 is 7.14. The molecule has 0 atom stereocenters. The molecule has 2 aromatic rings. The van der Waals surface area contributed by atoms with Crippen molar-refractivity contribution in [2.24, 2.45) is 7.05 Å². The molecule has 0 bridgehead atoms. The van der Waals surface area contributed by atoms with Gasteiger partial charge in [-0.1, -0.05) is 11.6 Å². The molecule has 0 aliphatic carbocycles. The van der Waals surface area contributed by atoms with E-state index in [1.807, 2.05) is 6.07 Å². The van der Waals surface area contributed by atoms with E-state index in [9.17, 15) is 0 Å². The van der Waals surface area contributed by atoms with Crippen molar-refractivity contribution in [1.82, 2.24) is 9.78 Å². The van der Waals surface area contributed by atoms with E-state index < -0.39 is 0 Å². The van der Waals surface area contributed by atoms with Crippen molar-refractivity contribution in [3.8, 4) is 17.6 Å². The molecule has 0 spiro atoms. The Kier molecular flexibility index (Phi) is 2.80. The van der Waals surface area contributed by atoms with Crippen LogP contribution in [0.1, 0.15) is 5.56 Å². The fourth-order valence-corrected chi connectivity index (χ4v) is 1.45. The molecule has 1 aromatic carbocycles. The average Bonchev–Trinajstić information content (AvgIpc) is 2.64. The Morgan fingerprint density at radius 3 is 2.81 bits per heavy atom. The molecule has 4 nitrogen and oxygen atoms in total. The number of benzene rings is 1. The van der Waals surface area contributed by atoms with Crippen LogP contribution in [0.5, 0.6) is 11.5 Å². The highest BCUT2D eigenvalue weighted by Gasteiger charge is 2.03. The molecule has 0 N–H and O–H groups in total. The van der Waals surface area contributed by atoms with Crippen molar-refractivity contribution in [1.29, 1.82) is 5.26 Å². The van der Waals surface area contributed by atoms with Crippen LogP contribution in [0, 0.1) is 11.3 Å². The average molecular weight is 234 g/mol. The molecule has 2 rings (SSSR count). The smallest absolute Gasteiger partial charge is 0.165 e. The second-order valence-electron chi connectivity index (χ2n) is 3.21. The molecular formula is C11H8ClN3O. The lowest BCUT2D eigenvalue weighted by Gasteiger charge is -2.03. The minimum Gasteiger partial charge on any atom is -0.454 e. The molecule has 0 saturated heterocycles. The van der Waals surface area contributed by atoms with Crippen LogP contribution in [-0.4, -0.2) is 9.78 Å². The number of ether oxygens (including phenoxy) is 1. The zero-order valence-electron chi connectivity index (χ0n) is 8.51. The van der Waals surface area contributed by atoms with Gasteiger partial charge in [-0.15, -0.1) is 0 Å². The van der Waals surface area contributed by atoms with Crippen LogP contribution >= 0.6 is 11.6 Å². The molecule has 0 unspecified atom stereocenters. The van der Waals surface area contributed by atoms with Gasteiger partial charge in [0.2, 0.25) is 0 Å². The monoisotopic (exact) mass is 233 g/mol. The van der Waals surface area contributed by atoms with E-state index in [-0.39, 0.29) is 0 Å². The van der Waals surface area contributed by atoms with Gasteiger partial charge in [-0.25, -0.2) is 0 Å². The second kappa shape index (κ2) is 4.25. The summed E-state index contributed by atoms with van der Waals surface area (Å²) in [4.78, 5) is 0. The number of aryl methyl sites for hydroxylation is 1. The molecule has 0 aliphatic heterocycles. The molecule has 0 fully saturated rings. The van der Waals surface area contributed by atoms with Gasteiger partial charge in [-0.3, -0.25) is 4.68 Å². The maximum Gasteiger partial charge on any atom is 0.165 e. The lowest BCUT2D eigenvalue weighted by Crippen LogP contribution is -1.85. The van der Waals surface area contributed by atoms with Gasteiger partial charge in [0, 0.05) is 13.1 Å². The summed E-state index contributed by atoms with van der Waals surface area (Å²) in [7, 11) is 1.80. The predicted octanol–water partition coefficient (Wildman–Crippen LogP) is 2.74. The maximum absolute atomic E-state index is 8.71. The lowest BCUT2D eigenvalue weighted by molar-refractivity contribution is 0.482. The van der Waals surface area contributed by atoms with Crippen molar-refractivity contribution < 1.29 is 4.74 Å². The van der Waals surface area contributed by atoms with Gasteiger partial charge in [0.25, 0.3) is 0 Å². The molecule has 0 aliphatic rings. The van der Waals surface area contributed by atoms with Crippen LogP contribution in [-0.2, 0) is 7.05 Å². The number of rotatable bonds is 2. The first-order chi connectivity index (χ1) is 7.69. The quantitative estimate of drug-likeness (QED) is 0.801. The Hall–Kier alpha value is -1.99. The second-order valence-corrected chi connectivity index (χ2v) is 3.61. The first-order valence-electron chi connectivity index (χ1n) is 4.55. The number of halogens is 1. The highest BCUT2D eigenvalue weighted by Crippen LogP contribution is 2.25. The summed E-state index contributed by atoms with van der Waals surface area (Å²) in [6.45, 7) is 0. The minimum absolute atomic E-state index is 0.379. The van der Waals surface area contributed by atoms with Gasteiger partial charge in [-0.05, 0) is 12.1 Å². The summed E-state index contributed by atoms with van der Waals surface area (Å²) in [5.41, 5.74) is 0.431. The molecule has 16 heavy (non-hydrogen) atoms. The van der Waals surface area contributed by atoms with Crippen molar-refractivity contribution in [2.45, 2.75) is 0 Å². The minimum atomic E-state index is 0.379. The van der Waals surface area contributed by atoms with E-state index in [2.05, 4.69) is 5.10 Å². The van der Waals surface area contributed by atoms with Gasteiger partial charge >= 0.3 is 0 Å². The van der Waals surface area contributed by atoms with E-state index in [0.717, 1.165) is 0 Å². The van der Waals surface area contributed by atoms with E-state index >= 15 is 0 Å². The predicted molar refractivity (Wildman–Crippen MR) is 59.4 cm³/mol. The highest BCUT2D eigenvalue weighted by atomic mass is 35.5. The number of hydrogen-bond acceptors (Lipinski definition) is 3. The normalized spacial score (nSPS) is 9.81. The fraction of sp³-hybridized carbons (Fsp3) is 0.0909. The number of nitrogens with zero attached hydrogens (tertiary/aromatic N) is 3. The van der Waals surface area contributed by atoms with Crippen LogP contribution in [0.2, 0.25) is 5.02 Å². The Morgan fingerprint density at radius 1 is 1.44 bits per heavy atom. The summed E-state index contributed by atoms with van der Waals surface area (Å²) in [5, 5.41) is 13.1. The van der Waals surface area contributed by atoms with Crippen LogP contribution in [0.3, 0.4) is 0 Å². The third-order valence-electron chi connectivity index (χ3n) is 1.98. The Balaban J connectivity index is 2.23. The van der Waals surface area contributed by atoms with Gasteiger partial charge < -0.3 is 4.74 Å². The van der Waals surface area contributed by atoms with E-state index in [1.165, 1.54) is 0 Å². The zero-order valence-corrected chi connectivity index (χ0v) is 9.27. The van der Waals surface area contributed by atoms with Crippen LogP contribution in [0.15, 0.2) is 30.6 Å². The standard InChI is InChI=1S/C11H8ClN3O/c1-15-7-10(6-14-15)16-9-3-2-8(5-13)11(12)4-9/h2-4,6-7H,1H3. The zero-order chi connectivity index (χ0) is 11.5. The lowest BCUT2D eigenvalue weighted by atomic mass is 10.2. The van der Waals surface area contributed by atoms with Gasteiger partial charge in [0.05, 0.1) is 23.0 Å². The third-order valence-corrected chi connectivity index (χ3v) is 2.29. The topological polar surface area (TPSA) is 50.8 Å². The van der Waals surface area contributed by atoms with E-state index in [1.54, 1.807) is 42.3 Å². The Morgan fingerprint density at radius 2 is 2.25 bits per heavy atom. The number of aromatic nitrogens is 2.